The molecule has 0 aliphatic rings. The van der Waals surface area contributed by atoms with Crippen LogP contribution in [-0.2, 0) is 17.5 Å². The number of ether oxygens (including phenoxy) is 1. The van der Waals surface area contributed by atoms with E-state index in [1.165, 1.54) is 13.0 Å². The van der Waals surface area contributed by atoms with Crippen LogP contribution in [0.3, 0.4) is 0 Å². The van der Waals surface area contributed by atoms with Crippen molar-refractivity contribution in [1.29, 1.82) is 0 Å². The maximum atomic E-state index is 12.9. The molecule has 0 amide bonds. The molecular weight excluding hydrogens is 255 g/mol. The van der Waals surface area contributed by atoms with Crippen molar-refractivity contribution in [2.75, 3.05) is 27.3 Å². The number of rotatable bonds is 5. The minimum absolute atomic E-state index is 0.308. The first-order chi connectivity index (χ1) is 8.75. The van der Waals surface area contributed by atoms with Crippen molar-refractivity contribution >= 4 is 0 Å². The number of nitrogens with zero attached hydrogens (tertiary/aromatic N) is 1. The zero-order chi connectivity index (χ0) is 14.6. The summed E-state index contributed by atoms with van der Waals surface area (Å²) in [7, 11) is 3.47. The molecule has 1 aromatic rings. The zero-order valence-electron chi connectivity index (χ0n) is 11.8. The van der Waals surface area contributed by atoms with Crippen LogP contribution in [-0.4, -0.2) is 32.2 Å². The molecule has 0 heterocycles. The van der Waals surface area contributed by atoms with Gasteiger partial charge in [-0.05, 0) is 38.1 Å². The van der Waals surface area contributed by atoms with Crippen molar-refractivity contribution in [2.45, 2.75) is 26.6 Å². The Balaban J connectivity index is 2.99. The smallest absolute Gasteiger partial charge is 0.383 e. The minimum atomic E-state index is -4.30. The summed E-state index contributed by atoms with van der Waals surface area (Å²) in [6, 6.07) is 3.02. The van der Waals surface area contributed by atoms with Gasteiger partial charge in [0.05, 0.1) is 12.2 Å². The highest BCUT2D eigenvalue weighted by atomic mass is 19.4. The fourth-order valence-corrected chi connectivity index (χ4v) is 2.01. The Morgan fingerprint density at radius 2 is 1.84 bits per heavy atom. The highest BCUT2D eigenvalue weighted by Gasteiger charge is 2.33. The topological polar surface area (TPSA) is 12.5 Å². The van der Waals surface area contributed by atoms with Gasteiger partial charge in [-0.3, -0.25) is 4.90 Å². The second-order valence-electron chi connectivity index (χ2n) is 4.82. The van der Waals surface area contributed by atoms with E-state index in [-0.39, 0.29) is 0 Å². The first kappa shape index (κ1) is 16.0. The number of hydrogen-bond acceptors (Lipinski definition) is 2. The van der Waals surface area contributed by atoms with Crippen LogP contribution in [0.4, 0.5) is 13.2 Å². The predicted octanol–water partition coefficient (Wildman–Crippen LogP) is 3.40. The van der Waals surface area contributed by atoms with Gasteiger partial charge in [-0.25, -0.2) is 0 Å². The Bertz CT molecular complexity index is 429. The van der Waals surface area contributed by atoms with Crippen molar-refractivity contribution in [1.82, 2.24) is 4.90 Å². The summed E-state index contributed by atoms with van der Waals surface area (Å²) in [6.07, 6.45) is -4.30. The molecule has 0 aliphatic heterocycles. The van der Waals surface area contributed by atoms with Crippen LogP contribution in [0.1, 0.15) is 22.3 Å². The third-order valence-corrected chi connectivity index (χ3v) is 3.08. The van der Waals surface area contributed by atoms with E-state index in [1.807, 2.05) is 18.0 Å². The molecule has 0 saturated heterocycles. The van der Waals surface area contributed by atoms with Gasteiger partial charge in [0.15, 0.2) is 0 Å². The molecule has 2 nitrogen and oxygen atoms in total. The molecule has 0 aromatic heterocycles. The van der Waals surface area contributed by atoms with Gasteiger partial charge in [-0.1, -0.05) is 11.6 Å². The van der Waals surface area contributed by atoms with E-state index < -0.39 is 11.7 Å². The minimum Gasteiger partial charge on any atom is -0.383 e. The number of aryl methyl sites for hydroxylation is 1. The summed E-state index contributed by atoms with van der Waals surface area (Å²) in [4.78, 5) is 1.95. The Morgan fingerprint density at radius 1 is 1.21 bits per heavy atom. The Labute approximate surface area is 112 Å². The second kappa shape index (κ2) is 6.39. The molecule has 0 fully saturated rings. The summed E-state index contributed by atoms with van der Waals surface area (Å²) in [5.74, 6) is 0. The molecular formula is C14H20F3NO. The van der Waals surface area contributed by atoms with Crippen LogP contribution >= 0.6 is 0 Å². The number of alkyl halides is 3. The summed E-state index contributed by atoms with van der Waals surface area (Å²) < 4.78 is 43.7. The molecule has 1 rings (SSSR count). The van der Waals surface area contributed by atoms with Crippen molar-refractivity contribution in [2.24, 2.45) is 0 Å². The number of hydrogen-bond donors (Lipinski definition) is 0. The van der Waals surface area contributed by atoms with E-state index in [0.717, 1.165) is 0 Å². The average Bonchev–Trinajstić information content (AvgIpc) is 2.29. The number of halogens is 3. The molecule has 0 atom stereocenters. The van der Waals surface area contributed by atoms with Gasteiger partial charge in [0, 0.05) is 20.2 Å². The number of methoxy groups -OCH3 is 1. The molecule has 0 spiro atoms. The molecule has 19 heavy (non-hydrogen) atoms. The monoisotopic (exact) mass is 275 g/mol. The zero-order valence-corrected chi connectivity index (χ0v) is 11.8. The van der Waals surface area contributed by atoms with Crippen molar-refractivity contribution in [3.05, 3.63) is 34.4 Å². The molecule has 0 N–H and O–H groups in total. The lowest BCUT2D eigenvalue weighted by Gasteiger charge is -2.20. The molecule has 1 aromatic carbocycles. The summed E-state index contributed by atoms with van der Waals surface area (Å²) in [5.41, 5.74) is 1.11. The first-order valence-electron chi connectivity index (χ1n) is 6.10. The maximum Gasteiger partial charge on any atom is 0.416 e. The first-order valence-corrected chi connectivity index (χ1v) is 6.10. The van der Waals surface area contributed by atoms with Crippen LogP contribution in [0, 0.1) is 13.8 Å². The van der Waals surface area contributed by atoms with Crippen molar-refractivity contribution in [3.63, 3.8) is 0 Å². The van der Waals surface area contributed by atoms with Crippen LogP contribution in [0.5, 0.6) is 0 Å². The summed E-state index contributed by atoms with van der Waals surface area (Å²) >= 11 is 0. The van der Waals surface area contributed by atoms with E-state index in [4.69, 9.17) is 4.74 Å². The van der Waals surface area contributed by atoms with Crippen LogP contribution < -0.4 is 0 Å². The Hall–Kier alpha value is -1.07. The normalized spacial score (nSPS) is 12.2. The molecule has 0 bridgehead atoms. The van der Waals surface area contributed by atoms with Gasteiger partial charge in [0.2, 0.25) is 0 Å². The van der Waals surface area contributed by atoms with Gasteiger partial charge in [-0.2, -0.15) is 13.2 Å². The van der Waals surface area contributed by atoms with Crippen LogP contribution in [0.25, 0.3) is 0 Å². The van der Waals surface area contributed by atoms with Gasteiger partial charge >= 0.3 is 6.18 Å². The van der Waals surface area contributed by atoms with E-state index in [9.17, 15) is 13.2 Å². The lowest BCUT2D eigenvalue weighted by atomic mass is 9.98. The predicted molar refractivity (Wildman–Crippen MR) is 69.1 cm³/mol. The van der Waals surface area contributed by atoms with E-state index >= 15 is 0 Å². The maximum absolute atomic E-state index is 12.9. The van der Waals surface area contributed by atoms with Crippen molar-refractivity contribution < 1.29 is 17.9 Å². The largest absolute Gasteiger partial charge is 0.416 e. The van der Waals surface area contributed by atoms with Gasteiger partial charge in [-0.15, -0.1) is 0 Å². The summed E-state index contributed by atoms with van der Waals surface area (Å²) in [5, 5.41) is 0. The third kappa shape index (κ3) is 4.51. The second-order valence-corrected chi connectivity index (χ2v) is 4.82. The molecule has 108 valence electrons. The Morgan fingerprint density at radius 3 is 2.37 bits per heavy atom. The standard InChI is InChI=1S/C14H20F3NO/c1-10-7-12(9-18(3)5-6-19-4)11(2)13(8-10)14(15,16)17/h7-8H,5-6,9H2,1-4H3. The number of benzene rings is 1. The third-order valence-electron chi connectivity index (χ3n) is 3.08. The Kier molecular flexibility index (Phi) is 5.38. The summed E-state index contributed by atoms with van der Waals surface area (Å²) in [6.45, 7) is 4.95. The highest BCUT2D eigenvalue weighted by molar-refractivity contribution is 5.39. The van der Waals surface area contributed by atoms with E-state index in [1.54, 1.807) is 14.0 Å². The lowest BCUT2D eigenvalue weighted by molar-refractivity contribution is -0.138. The number of likely N-dealkylation sites (N-methyl/N-ethyl adjacent to an activating group) is 1. The fourth-order valence-electron chi connectivity index (χ4n) is 2.01. The van der Waals surface area contributed by atoms with E-state index in [0.29, 0.717) is 36.4 Å². The molecule has 0 saturated carbocycles. The molecule has 0 radical (unpaired) electrons. The highest BCUT2D eigenvalue weighted by Crippen LogP contribution is 2.34. The SMILES string of the molecule is COCCN(C)Cc1cc(C)cc(C(F)(F)F)c1C. The van der Waals surface area contributed by atoms with Gasteiger partial charge < -0.3 is 4.74 Å². The van der Waals surface area contributed by atoms with Crippen molar-refractivity contribution in [3.8, 4) is 0 Å². The quantitative estimate of drug-likeness (QED) is 0.816. The van der Waals surface area contributed by atoms with Gasteiger partial charge in [0.1, 0.15) is 0 Å². The molecule has 0 aliphatic carbocycles. The van der Waals surface area contributed by atoms with Gasteiger partial charge in [0.25, 0.3) is 0 Å². The average molecular weight is 275 g/mol. The van der Waals surface area contributed by atoms with Crippen LogP contribution in [0.15, 0.2) is 12.1 Å². The molecule has 5 heteroatoms. The van der Waals surface area contributed by atoms with E-state index in [2.05, 4.69) is 0 Å². The lowest BCUT2D eigenvalue weighted by Crippen LogP contribution is -2.23. The fraction of sp³-hybridized carbons (Fsp3) is 0.571. The molecule has 0 unspecified atom stereocenters. The van der Waals surface area contributed by atoms with Crippen LogP contribution in [0.2, 0.25) is 0 Å².